The van der Waals surface area contributed by atoms with Gasteiger partial charge in [0.05, 0.1) is 5.56 Å². The van der Waals surface area contributed by atoms with Crippen molar-refractivity contribution in [3.63, 3.8) is 0 Å². The minimum atomic E-state index is -0.787. The number of urea groups is 1. The molecule has 2 aromatic rings. The SMILES string of the molecule is N#Cc1c(NC(=O)CN2C(=O)NC(c3ccccc3)C2=O)sc2c1CCCC2. The number of anilines is 1. The maximum atomic E-state index is 12.6. The summed E-state index contributed by atoms with van der Waals surface area (Å²) in [4.78, 5) is 39.3. The Balaban J connectivity index is 1.47. The van der Waals surface area contributed by atoms with Crippen LogP contribution in [0.2, 0.25) is 0 Å². The Bertz CT molecular complexity index is 993. The second-order valence-corrected chi connectivity index (χ2v) is 7.90. The van der Waals surface area contributed by atoms with Crippen molar-refractivity contribution in [1.82, 2.24) is 10.2 Å². The van der Waals surface area contributed by atoms with E-state index < -0.39 is 23.9 Å². The van der Waals surface area contributed by atoms with Crippen LogP contribution >= 0.6 is 11.3 Å². The number of rotatable bonds is 4. The first-order valence-corrected chi connectivity index (χ1v) is 9.91. The van der Waals surface area contributed by atoms with E-state index in [0.717, 1.165) is 41.0 Å². The van der Waals surface area contributed by atoms with Crippen LogP contribution in [0.3, 0.4) is 0 Å². The highest BCUT2D eigenvalue weighted by Gasteiger charge is 2.39. The van der Waals surface area contributed by atoms with Gasteiger partial charge in [0.15, 0.2) is 0 Å². The van der Waals surface area contributed by atoms with Gasteiger partial charge in [-0.2, -0.15) is 5.26 Å². The average Bonchev–Trinajstić information content (AvgIpc) is 3.20. The Morgan fingerprint density at radius 1 is 1.25 bits per heavy atom. The Morgan fingerprint density at radius 3 is 2.75 bits per heavy atom. The van der Waals surface area contributed by atoms with Crippen molar-refractivity contribution in [2.45, 2.75) is 31.7 Å². The molecule has 1 aliphatic carbocycles. The van der Waals surface area contributed by atoms with Crippen molar-refractivity contribution in [1.29, 1.82) is 5.26 Å². The third-order valence-corrected chi connectivity index (χ3v) is 6.20. The fraction of sp³-hybridized carbons (Fsp3) is 0.300. The summed E-state index contributed by atoms with van der Waals surface area (Å²) in [5.41, 5.74) is 2.20. The first-order valence-electron chi connectivity index (χ1n) is 9.10. The van der Waals surface area contributed by atoms with Crippen LogP contribution < -0.4 is 10.6 Å². The van der Waals surface area contributed by atoms with E-state index in [1.807, 2.05) is 6.07 Å². The van der Waals surface area contributed by atoms with Crippen molar-refractivity contribution in [3.05, 3.63) is 51.9 Å². The van der Waals surface area contributed by atoms with Crippen LogP contribution in [0.15, 0.2) is 30.3 Å². The van der Waals surface area contributed by atoms with E-state index in [2.05, 4.69) is 16.7 Å². The molecule has 2 N–H and O–H groups in total. The predicted octanol–water partition coefficient (Wildman–Crippen LogP) is 2.73. The molecule has 1 atom stereocenters. The van der Waals surface area contributed by atoms with E-state index in [-0.39, 0.29) is 6.54 Å². The van der Waals surface area contributed by atoms with Crippen molar-refractivity contribution < 1.29 is 14.4 Å². The first-order chi connectivity index (χ1) is 13.6. The molecular weight excluding hydrogens is 376 g/mol. The van der Waals surface area contributed by atoms with Gasteiger partial charge in [0.2, 0.25) is 5.91 Å². The van der Waals surface area contributed by atoms with Crippen molar-refractivity contribution in [3.8, 4) is 6.07 Å². The summed E-state index contributed by atoms with van der Waals surface area (Å²) in [6, 6.07) is 9.69. The largest absolute Gasteiger partial charge is 0.325 e. The summed E-state index contributed by atoms with van der Waals surface area (Å²) in [5, 5.41) is 15.3. The number of hydrogen-bond donors (Lipinski definition) is 2. The molecule has 1 unspecified atom stereocenters. The van der Waals surface area contributed by atoms with Gasteiger partial charge in [-0.05, 0) is 36.8 Å². The van der Waals surface area contributed by atoms with Crippen LogP contribution in [-0.4, -0.2) is 29.3 Å². The number of carbonyl (C=O) groups excluding carboxylic acids is 3. The minimum absolute atomic E-state index is 0.387. The lowest BCUT2D eigenvalue weighted by Crippen LogP contribution is -2.38. The fourth-order valence-corrected chi connectivity index (χ4v) is 4.88. The Kier molecular flexibility index (Phi) is 4.84. The molecule has 1 fully saturated rings. The zero-order valence-corrected chi connectivity index (χ0v) is 15.8. The van der Waals surface area contributed by atoms with Crippen LogP contribution in [0.4, 0.5) is 9.80 Å². The molecule has 0 saturated carbocycles. The molecule has 1 aliphatic heterocycles. The number of aryl methyl sites for hydroxylation is 1. The number of thiophene rings is 1. The average molecular weight is 394 g/mol. The highest BCUT2D eigenvalue weighted by atomic mass is 32.1. The van der Waals surface area contributed by atoms with E-state index in [1.54, 1.807) is 24.3 Å². The second kappa shape index (κ2) is 7.44. The molecule has 4 rings (SSSR count). The highest BCUT2D eigenvalue weighted by molar-refractivity contribution is 7.16. The summed E-state index contributed by atoms with van der Waals surface area (Å²) in [6.45, 7) is -0.387. The molecule has 2 aliphatic rings. The summed E-state index contributed by atoms with van der Waals surface area (Å²) < 4.78 is 0. The molecule has 1 aromatic heterocycles. The zero-order chi connectivity index (χ0) is 19.7. The topological polar surface area (TPSA) is 102 Å². The highest BCUT2D eigenvalue weighted by Crippen LogP contribution is 2.37. The van der Waals surface area contributed by atoms with Crippen molar-refractivity contribution in [2.24, 2.45) is 0 Å². The van der Waals surface area contributed by atoms with E-state index >= 15 is 0 Å². The molecular formula is C20H18N4O3S. The normalized spacial score (nSPS) is 18.4. The van der Waals surface area contributed by atoms with Crippen LogP contribution in [0.5, 0.6) is 0 Å². The second-order valence-electron chi connectivity index (χ2n) is 6.79. The summed E-state index contributed by atoms with van der Waals surface area (Å²) in [6.07, 6.45) is 3.87. The molecule has 0 bridgehead atoms. The third-order valence-electron chi connectivity index (χ3n) is 5.00. The van der Waals surface area contributed by atoms with E-state index in [4.69, 9.17) is 0 Å². The number of nitriles is 1. The lowest BCUT2D eigenvalue weighted by Gasteiger charge is -2.13. The Morgan fingerprint density at radius 2 is 2.00 bits per heavy atom. The number of fused-ring (bicyclic) bond motifs is 1. The number of hydrogen-bond acceptors (Lipinski definition) is 5. The smallest absolute Gasteiger partial charge is 0.322 e. The number of nitrogens with zero attached hydrogens (tertiary/aromatic N) is 2. The summed E-state index contributed by atoms with van der Waals surface area (Å²) in [5.74, 6) is -0.954. The quantitative estimate of drug-likeness (QED) is 0.779. The van der Waals surface area contributed by atoms with Crippen LogP contribution in [0.1, 0.15) is 40.5 Å². The molecule has 1 aromatic carbocycles. The molecule has 2 heterocycles. The van der Waals surface area contributed by atoms with E-state index in [1.165, 1.54) is 11.3 Å². The summed E-state index contributed by atoms with van der Waals surface area (Å²) >= 11 is 1.41. The maximum absolute atomic E-state index is 12.6. The number of amides is 4. The predicted molar refractivity (Wildman–Crippen MR) is 104 cm³/mol. The van der Waals surface area contributed by atoms with E-state index in [0.29, 0.717) is 16.1 Å². The van der Waals surface area contributed by atoms with Gasteiger partial charge in [0.1, 0.15) is 23.7 Å². The number of carbonyl (C=O) groups is 3. The Labute approximate surface area is 166 Å². The van der Waals surface area contributed by atoms with E-state index in [9.17, 15) is 19.6 Å². The molecule has 142 valence electrons. The van der Waals surface area contributed by atoms with Gasteiger partial charge in [0, 0.05) is 4.88 Å². The summed E-state index contributed by atoms with van der Waals surface area (Å²) in [7, 11) is 0. The molecule has 4 amide bonds. The van der Waals surface area contributed by atoms with Crippen LogP contribution in [-0.2, 0) is 22.4 Å². The van der Waals surface area contributed by atoms with Crippen LogP contribution in [0, 0.1) is 11.3 Å². The molecule has 1 saturated heterocycles. The molecule has 8 heteroatoms. The monoisotopic (exact) mass is 394 g/mol. The molecule has 0 radical (unpaired) electrons. The number of benzene rings is 1. The first kappa shape index (κ1) is 18.2. The lowest BCUT2D eigenvalue weighted by molar-refractivity contribution is -0.130. The zero-order valence-electron chi connectivity index (χ0n) is 15.0. The van der Waals surface area contributed by atoms with Gasteiger partial charge in [-0.15, -0.1) is 11.3 Å². The van der Waals surface area contributed by atoms with Crippen molar-refractivity contribution >= 4 is 34.2 Å². The lowest BCUT2D eigenvalue weighted by atomic mass is 9.96. The van der Waals surface area contributed by atoms with Gasteiger partial charge in [-0.25, -0.2) is 4.79 Å². The van der Waals surface area contributed by atoms with Gasteiger partial charge in [-0.3, -0.25) is 14.5 Å². The minimum Gasteiger partial charge on any atom is -0.322 e. The van der Waals surface area contributed by atoms with Gasteiger partial charge >= 0.3 is 6.03 Å². The van der Waals surface area contributed by atoms with Crippen molar-refractivity contribution in [2.75, 3.05) is 11.9 Å². The maximum Gasteiger partial charge on any atom is 0.325 e. The molecule has 0 spiro atoms. The molecule has 28 heavy (non-hydrogen) atoms. The third kappa shape index (κ3) is 3.25. The van der Waals surface area contributed by atoms with Gasteiger partial charge in [-0.1, -0.05) is 30.3 Å². The standard InChI is InChI=1S/C20H18N4O3S/c21-10-14-13-8-4-5-9-15(13)28-18(14)22-16(25)11-24-19(26)17(23-20(24)27)12-6-2-1-3-7-12/h1-3,6-7,17H,4-5,8-9,11H2,(H,22,25)(H,23,27). The van der Waals surface area contributed by atoms with Gasteiger partial charge in [0.25, 0.3) is 5.91 Å². The number of nitrogens with one attached hydrogen (secondary N) is 2. The fourth-order valence-electron chi connectivity index (χ4n) is 3.62. The Hall–Kier alpha value is -3.18. The van der Waals surface area contributed by atoms with Crippen LogP contribution in [0.25, 0.3) is 0 Å². The van der Waals surface area contributed by atoms with Gasteiger partial charge < -0.3 is 10.6 Å². The number of imide groups is 1. The molecule has 7 nitrogen and oxygen atoms in total.